The molecule has 4 nitrogen and oxygen atoms in total. The lowest BCUT2D eigenvalue weighted by molar-refractivity contribution is -0.137. The lowest BCUT2D eigenvalue weighted by Crippen LogP contribution is -2.62. The fraction of sp³-hybridized carbons (Fsp3) is 0.588. The van der Waals surface area contributed by atoms with Crippen LogP contribution in [-0.4, -0.2) is 23.2 Å². The zero-order chi connectivity index (χ0) is 18.2. The van der Waals surface area contributed by atoms with Crippen molar-refractivity contribution in [3.8, 4) is 0 Å². The average molecular weight is 343 g/mol. The minimum absolute atomic E-state index is 0.00861. The van der Waals surface area contributed by atoms with Gasteiger partial charge in [0.25, 0.3) is 0 Å². The quantitative estimate of drug-likeness (QED) is 0.756. The number of halogens is 3. The Morgan fingerprint density at radius 1 is 1.08 bits per heavy atom. The van der Waals surface area contributed by atoms with E-state index in [-0.39, 0.29) is 17.1 Å². The first-order chi connectivity index (χ1) is 10.9. The predicted octanol–water partition coefficient (Wildman–Crippen LogP) is 4.14. The zero-order valence-corrected chi connectivity index (χ0v) is 14.3. The second-order valence-electron chi connectivity index (χ2n) is 7.67. The van der Waals surface area contributed by atoms with Crippen LogP contribution >= 0.6 is 0 Å². The third kappa shape index (κ3) is 5.12. The Bertz CT molecular complexity index is 578. The third-order valence-electron chi connectivity index (χ3n) is 4.00. The van der Waals surface area contributed by atoms with E-state index in [0.29, 0.717) is 5.69 Å². The molecular formula is C17H24F3N3O. The van der Waals surface area contributed by atoms with Crippen molar-refractivity contribution in [2.24, 2.45) is 0 Å². The molecular weight excluding hydrogens is 319 g/mol. The van der Waals surface area contributed by atoms with Crippen molar-refractivity contribution in [2.75, 3.05) is 5.32 Å². The van der Waals surface area contributed by atoms with Crippen LogP contribution in [0.5, 0.6) is 0 Å². The van der Waals surface area contributed by atoms with E-state index in [1.165, 1.54) is 12.1 Å². The smallest absolute Gasteiger partial charge is 0.335 e. The summed E-state index contributed by atoms with van der Waals surface area (Å²) in [7, 11) is 0. The maximum absolute atomic E-state index is 12.5. The van der Waals surface area contributed by atoms with E-state index < -0.39 is 17.8 Å². The summed E-state index contributed by atoms with van der Waals surface area (Å²) in [6, 6.07) is 3.98. The summed E-state index contributed by atoms with van der Waals surface area (Å²) >= 11 is 0. The second-order valence-corrected chi connectivity index (χ2v) is 7.67. The number of hydrogen-bond acceptors (Lipinski definition) is 2. The largest absolute Gasteiger partial charge is 0.416 e. The van der Waals surface area contributed by atoms with E-state index in [1.54, 1.807) is 0 Å². The molecule has 1 saturated heterocycles. The maximum atomic E-state index is 12.5. The first-order valence-corrected chi connectivity index (χ1v) is 7.90. The lowest BCUT2D eigenvalue weighted by Gasteiger charge is -2.46. The van der Waals surface area contributed by atoms with Crippen molar-refractivity contribution in [3.05, 3.63) is 29.8 Å². The number of anilines is 1. The van der Waals surface area contributed by atoms with Gasteiger partial charge in [-0.3, -0.25) is 0 Å². The molecule has 7 heteroatoms. The van der Waals surface area contributed by atoms with Gasteiger partial charge in [0.05, 0.1) is 5.56 Å². The van der Waals surface area contributed by atoms with Crippen LogP contribution in [0.1, 0.15) is 46.1 Å². The number of urea groups is 1. The molecule has 0 radical (unpaired) electrons. The number of carbonyl (C=O) groups is 1. The Balaban J connectivity index is 1.96. The highest BCUT2D eigenvalue weighted by Crippen LogP contribution is 2.30. The molecule has 0 spiro atoms. The molecule has 2 amide bonds. The highest BCUT2D eigenvalue weighted by atomic mass is 19.4. The Hall–Kier alpha value is -1.76. The summed E-state index contributed by atoms with van der Waals surface area (Å²) < 4.78 is 37.6. The van der Waals surface area contributed by atoms with Crippen LogP contribution in [0, 0.1) is 0 Å². The van der Waals surface area contributed by atoms with Gasteiger partial charge < -0.3 is 16.0 Å². The van der Waals surface area contributed by atoms with Gasteiger partial charge in [-0.25, -0.2) is 4.79 Å². The van der Waals surface area contributed by atoms with E-state index >= 15 is 0 Å². The van der Waals surface area contributed by atoms with Crippen molar-refractivity contribution in [2.45, 2.75) is 63.8 Å². The standard InChI is InChI=1S/C17H24F3N3O/c1-15(2)9-13(10-16(3,4)23-15)22-14(24)21-12-7-5-11(6-8-12)17(18,19)20/h5-8,13,23H,9-10H2,1-4H3,(H2,21,22,24). The molecule has 0 saturated carbocycles. The van der Waals surface area contributed by atoms with Gasteiger partial charge in [-0.15, -0.1) is 0 Å². The molecule has 1 aliphatic heterocycles. The van der Waals surface area contributed by atoms with Gasteiger partial charge in [0.1, 0.15) is 0 Å². The summed E-state index contributed by atoms with van der Waals surface area (Å²) in [4.78, 5) is 12.1. The molecule has 0 aromatic heterocycles. The number of benzene rings is 1. The number of amides is 2. The van der Waals surface area contributed by atoms with Crippen molar-refractivity contribution in [3.63, 3.8) is 0 Å². The van der Waals surface area contributed by atoms with Crippen LogP contribution in [0.25, 0.3) is 0 Å². The van der Waals surface area contributed by atoms with Gasteiger partial charge in [0.15, 0.2) is 0 Å². The minimum Gasteiger partial charge on any atom is -0.335 e. The summed E-state index contributed by atoms with van der Waals surface area (Å²) in [5, 5.41) is 9.02. The number of rotatable bonds is 2. The molecule has 0 unspecified atom stereocenters. The summed E-state index contributed by atoms with van der Waals surface area (Å²) in [6.45, 7) is 8.32. The number of hydrogen-bond donors (Lipinski definition) is 3. The van der Waals surface area contributed by atoms with E-state index in [2.05, 4.69) is 43.6 Å². The summed E-state index contributed by atoms with van der Waals surface area (Å²) in [5.74, 6) is 0. The van der Waals surface area contributed by atoms with Gasteiger partial charge in [0, 0.05) is 22.8 Å². The van der Waals surface area contributed by atoms with Crippen molar-refractivity contribution in [1.82, 2.24) is 10.6 Å². The molecule has 1 aromatic rings. The van der Waals surface area contributed by atoms with Crippen LogP contribution in [0.4, 0.5) is 23.7 Å². The van der Waals surface area contributed by atoms with Crippen LogP contribution in [0.3, 0.4) is 0 Å². The highest BCUT2D eigenvalue weighted by molar-refractivity contribution is 5.89. The van der Waals surface area contributed by atoms with E-state index in [1.807, 2.05) is 0 Å². The Morgan fingerprint density at radius 2 is 1.58 bits per heavy atom. The Morgan fingerprint density at radius 3 is 2.04 bits per heavy atom. The van der Waals surface area contributed by atoms with Crippen molar-refractivity contribution >= 4 is 11.7 Å². The molecule has 134 valence electrons. The van der Waals surface area contributed by atoms with Gasteiger partial charge >= 0.3 is 12.2 Å². The van der Waals surface area contributed by atoms with Gasteiger partial charge in [-0.05, 0) is 64.8 Å². The molecule has 2 rings (SSSR count). The van der Waals surface area contributed by atoms with Crippen LogP contribution in [-0.2, 0) is 6.18 Å². The Kier molecular flexibility index (Phi) is 4.86. The molecule has 1 heterocycles. The van der Waals surface area contributed by atoms with Gasteiger partial charge in [-0.1, -0.05) is 0 Å². The first-order valence-electron chi connectivity index (χ1n) is 7.90. The zero-order valence-electron chi connectivity index (χ0n) is 14.3. The van der Waals surface area contributed by atoms with E-state index in [4.69, 9.17) is 0 Å². The van der Waals surface area contributed by atoms with Crippen molar-refractivity contribution < 1.29 is 18.0 Å². The van der Waals surface area contributed by atoms with Crippen LogP contribution in [0.15, 0.2) is 24.3 Å². The molecule has 0 aliphatic carbocycles. The average Bonchev–Trinajstić information content (AvgIpc) is 2.33. The Labute approximate surface area is 140 Å². The summed E-state index contributed by atoms with van der Waals surface area (Å²) in [6.07, 6.45) is -2.83. The topological polar surface area (TPSA) is 53.2 Å². The molecule has 0 atom stereocenters. The highest BCUT2D eigenvalue weighted by Gasteiger charge is 2.38. The van der Waals surface area contributed by atoms with Crippen LogP contribution < -0.4 is 16.0 Å². The fourth-order valence-electron chi connectivity index (χ4n) is 3.52. The number of piperidine rings is 1. The number of alkyl halides is 3. The normalized spacial score (nSPS) is 20.5. The first kappa shape index (κ1) is 18.6. The number of carbonyl (C=O) groups excluding carboxylic acids is 1. The molecule has 1 aliphatic rings. The second kappa shape index (κ2) is 6.27. The van der Waals surface area contributed by atoms with Gasteiger partial charge in [-0.2, -0.15) is 13.2 Å². The molecule has 24 heavy (non-hydrogen) atoms. The maximum Gasteiger partial charge on any atom is 0.416 e. The molecule has 1 fully saturated rings. The molecule has 1 aromatic carbocycles. The fourth-order valence-corrected chi connectivity index (χ4v) is 3.52. The predicted molar refractivity (Wildman–Crippen MR) is 87.9 cm³/mol. The lowest BCUT2D eigenvalue weighted by atomic mass is 9.80. The number of nitrogens with one attached hydrogen (secondary N) is 3. The van der Waals surface area contributed by atoms with Crippen LogP contribution in [0.2, 0.25) is 0 Å². The van der Waals surface area contributed by atoms with Crippen molar-refractivity contribution in [1.29, 1.82) is 0 Å². The van der Waals surface area contributed by atoms with E-state index in [0.717, 1.165) is 25.0 Å². The molecule has 0 bridgehead atoms. The monoisotopic (exact) mass is 343 g/mol. The minimum atomic E-state index is -4.38. The van der Waals surface area contributed by atoms with Gasteiger partial charge in [0.2, 0.25) is 0 Å². The molecule has 3 N–H and O–H groups in total. The third-order valence-corrected chi connectivity index (χ3v) is 4.00. The summed E-state index contributed by atoms with van der Waals surface area (Å²) in [5.41, 5.74) is -0.620. The SMILES string of the molecule is CC1(C)CC(NC(=O)Nc2ccc(C(F)(F)F)cc2)CC(C)(C)N1. The van der Waals surface area contributed by atoms with E-state index in [9.17, 15) is 18.0 Å².